The van der Waals surface area contributed by atoms with E-state index in [0.717, 1.165) is 43.7 Å². The van der Waals surface area contributed by atoms with Crippen molar-refractivity contribution in [2.24, 2.45) is 0 Å². The highest BCUT2D eigenvalue weighted by molar-refractivity contribution is 5.67. The molecule has 1 unspecified atom stereocenters. The van der Waals surface area contributed by atoms with E-state index in [0.29, 0.717) is 13.0 Å². The molecule has 2 aromatic carbocycles. The predicted octanol–water partition coefficient (Wildman–Crippen LogP) is 3.75. The van der Waals surface area contributed by atoms with Gasteiger partial charge in [0.25, 0.3) is 6.47 Å². The Balaban J connectivity index is 1.48. The molecule has 7 nitrogen and oxygen atoms in total. The molecule has 1 saturated heterocycles. The van der Waals surface area contributed by atoms with Crippen LogP contribution in [0.2, 0.25) is 0 Å². The summed E-state index contributed by atoms with van der Waals surface area (Å²) in [6.45, 7) is 9.91. The highest BCUT2D eigenvalue weighted by Gasteiger charge is 2.26. The van der Waals surface area contributed by atoms with E-state index in [2.05, 4.69) is 39.4 Å². The van der Waals surface area contributed by atoms with E-state index < -0.39 is 5.60 Å². The zero-order valence-corrected chi connectivity index (χ0v) is 19.1. The van der Waals surface area contributed by atoms with Crippen molar-refractivity contribution in [3.8, 4) is 0 Å². The standard InChI is InChI=1S/C25H33N3O4/c1-25(2,3)32-24(30)26-14-13-20-9-11-22(12-10-20)27-15-17-28(18-16-27)23(31-19-29)21-7-5-4-6-8-21/h4-12,19,23H,13-18H2,1-3H3,(H,26,30). The Labute approximate surface area is 190 Å². The van der Waals surface area contributed by atoms with Crippen LogP contribution in [0.4, 0.5) is 10.5 Å². The zero-order valence-electron chi connectivity index (χ0n) is 19.1. The minimum Gasteiger partial charge on any atom is -0.444 e. The first-order valence-electron chi connectivity index (χ1n) is 11.0. The number of benzene rings is 2. The van der Waals surface area contributed by atoms with E-state index in [4.69, 9.17) is 9.47 Å². The molecule has 1 heterocycles. The SMILES string of the molecule is CC(C)(C)OC(=O)NCCc1ccc(N2CCN(C(OC=O)c3ccccc3)CC2)cc1. The molecule has 0 radical (unpaired) electrons. The van der Waals surface area contributed by atoms with Crippen molar-refractivity contribution >= 4 is 18.3 Å². The molecule has 0 bridgehead atoms. The fourth-order valence-corrected chi connectivity index (χ4v) is 3.76. The molecule has 3 rings (SSSR count). The molecule has 1 aliphatic heterocycles. The van der Waals surface area contributed by atoms with Crippen LogP contribution in [0.3, 0.4) is 0 Å². The van der Waals surface area contributed by atoms with E-state index >= 15 is 0 Å². The van der Waals surface area contributed by atoms with Crippen LogP contribution in [-0.4, -0.2) is 55.8 Å². The van der Waals surface area contributed by atoms with Gasteiger partial charge in [-0.1, -0.05) is 42.5 Å². The fourth-order valence-electron chi connectivity index (χ4n) is 3.76. The summed E-state index contributed by atoms with van der Waals surface area (Å²) in [6, 6.07) is 18.3. The second-order valence-corrected chi connectivity index (χ2v) is 8.86. The van der Waals surface area contributed by atoms with Crippen molar-refractivity contribution in [3.63, 3.8) is 0 Å². The van der Waals surface area contributed by atoms with Gasteiger partial charge in [0.15, 0.2) is 6.23 Å². The summed E-state index contributed by atoms with van der Waals surface area (Å²) in [7, 11) is 0. The van der Waals surface area contributed by atoms with Gasteiger partial charge in [0.2, 0.25) is 0 Å². The predicted molar refractivity (Wildman–Crippen MR) is 125 cm³/mol. The fraction of sp³-hybridized carbons (Fsp3) is 0.440. The summed E-state index contributed by atoms with van der Waals surface area (Å²) in [6.07, 6.45) is 0.00444. The van der Waals surface area contributed by atoms with Crippen molar-refractivity contribution in [2.75, 3.05) is 37.6 Å². The highest BCUT2D eigenvalue weighted by atomic mass is 16.6. The Morgan fingerprint density at radius 3 is 2.28 bits per heavy atom. The number of carbonyl (C=O) groups is 2. The van der Waals surface area contributed by atoms with Gasteiger partial charge in [-0.2, -0.15) is 0 Å². The molecule has 0 aliphatic carbocycles. The van der Waals surface area contributed by atoms with E-state index in [1.807, 2.05) is 51.1 Å². The number of hydrogen-bond donors (Lipinski definition) is 1. The third-order valence-corrected chi connectivity index (χ3v) is 5.30. The van der Waals surface area contributed by atoms with Crippen LogP contribution in [-0.2, 0) is 20.7 Å². The highest BCUT2D eigenvalue weighted by Crippen LogP contribution is 2.25. The number of ether oxygens (including phenoxy) is 2. The molecule has 1 N–H and O–H groups in total. The van der Waals surface area contributed by atoms with Crippen molar-refractivity contribution in [3.05, 3.63) is 65.7 Å². The van der Waals surface area contributed by atoms with Crippen molar-refractivity contribution < 1.29 is 19.1 Å². The molecule has 0 spiro atoms. The lowest BCUT2D eigenvalue weighted by Gasteiger charge is -2.39. The lowest BCUT2D eigenvalue weighted by molar-refractivity contribution is -0.144. The van der Waals surface area contributed by atoms with Gasteiger partial charge in [-0.3, -0.25) is 9.69 Å². The van der Waals surface area contributed by atoms with Crippen molar-refractivity contribution in [1.29, 1.82) is 0 Å². The van der Waals surface area contributed by atoms with E-state index in [1.165, 1.54) is 5.69 Å². The topological polar surface area (TPSA) is 71.1 Å². The maximum Gasteiger partial charge on any atom is 0.407 e. The zero-order chi connectivity index (χ0) is 23.0. The minimum absolute atomic E-state index is 0.351. The second-order valence-electron chi connectivity index (χ2n) is 8.86. The summed E-state index contributed by atoms with van der Waals surface area (Å²) in [5.74, 6) is 0. The largest absolute Gasteiger partial charge is 0.444 e. The number of rotatable bonds is 8. The quantitative estimate of drug-likeness (QED) is 0.632. The minimum atomic E-state index is -0.490. The Morgan fingerprint density at radius 1 is 1.03 bits per heavy atom. The smallest absolute Gasteiger partial charge is 0.407 e. The number of piperazine rings is 1. The number of carbonyl (C=O) groups excluding carboxylic acids is 2. The van der Waals surface area contributed by atoms with Crippen LogP contribution in [0.15, 0.2) is 54.6 Å². The van der Waals surface area contributed by atoms with Gasteiger partial charge < -0.3 is 19.7 Å². The summed E-state index contributed by atoms with van der Waals surface area (Å²) >= 11 is 0. The summed E-state index contributed by atoms with van der Waals surface area (Å²) in [5, 5.41) is 2.79. The average Bonchev–Trinajstić information content (AvgIpc) is 2.77. The molecule has 172 valence electrons. The maximum atomic E-state index is 11.7. The van der Waals surface area contributed by atoms with E-state index in [9.17, 15) is 9.59 Å². The first-order chi connectivity index (χ1) is 15.4. The number of anilines is 1. The molecule has 7 heteroatoms. The monoisotopic (exact) mass is 439 g/mol. The average molecular weight is 440 g/mol. The molecule has 0 saturated carbocycles. The summed E-state index contributed by atoms with van der Waals surface area (Å²) in [4.78, 5) is 27.3. The maximum absolute atomic E-state index is 11.7. The third-order valence-electron chi connectivity index (χ3n) is 5.30. The number of hydrogen-bond acceptors (Lipinski definition) is 6. The molecule has 1 aliphatic rings. The summed E-state index contributed by atoms with van der Waals surface area (Å²) in [5.41, 5.74) is 2.82. The molecule has 1 atom stereocenters. The molecule has 0 aromatic heterocycles. The van der Waals surface area contributed by atoms with Crippen LogP contribution >= 0.6 is 0 Å². The van der Waals surface area contributed by atoms with Crippen LogP contribution in [0, 0.1) is 0 Å². The van der Waals surface area contributed by atoms with Gasteiger partial charge in [0.1, 0.15) is 5.60 Å². The Morgan fingerprint density at radius 2 is 1.69 bits per heavy atom. The van der Waals surface area contributed by atoms with Crippen LogP contribution in [0.5, 0.6) is 0 Å². The molecule has 32 heavy (non-hydrogen) atoms. The molecule has 1 amide bonds. The molecular weight excluding hydrogens is 406 g/mol. The lowest BCUT2D eigenvalue weighted by atomic mass is 10.1. The second kappa shape index (κ2) is 11.0. The third kappa shape index (κ3) is 6.99. The van der Waals surface area contributed by atoms with Gasteiger partial charge in [0, 0.05) is 44.0 Å². The lowest BCUT2D eigenvalue weighted by Crippen LogP contribution is -2.48. The van der Waals surface area contributed by atoms with Crippen molar-refractivity contribution in [2.45, 2.75) is 39.0 Å². The normalized spacial score (nSPS) is 15.7. The first kappa shape index (κ1) is 23.6. The van der Waals surface area contributed by atoms with Crippen LogP contribution in [0.25, 0.3) is 0 Å². The van der Waals surface area contributed by atoms with Crippen molar-refractivity contribution in [1.82, 2.24) is 10.2 Å². The molecule has 1 fully saturated rings. The van der Waals surface area contributed by atoms with Crippen LogP contribution < -0.4 is 10.2 Å². The number of nitrogens with zero attached hydrogens (tertiary/aromatic N) is 2. The van der Waals surface area contributed by atoms with Crippen LogP contribution in [0.1, 0.15) is 38.1 Å². The Kier molecular flexibility index (Phi) is 8.11. The van der Waals surface area contributed by atoms with Gasteiger partial charge in [0.05, 0.1) is 0 Å². The summed E-state index contributed by atoms with van der Waals surface area (Å²) < 4.78 is 10.6. The van der Waals surface area contributed by atoms with E-state index in [1.54, 1.807) is 0 Å². The number of alkyl carbamates (subject to hydrolysis) is 1. The molecule has 2 aromatic rings. The Bertz CT molecular complexity index is 857. The number of nitrogens with one attached hydrogen (secondary N) is 1. The number of amides is 1. The van der Waals surface area contributed by atoms with Gasteiger partial charge >= 0.3 is 6.09 Å². The van der Waals surface area contributed by atoms with Gasteiger partial charge in [-0.25, -0.2) is 4.79 Å². The van der Waals surface area contributed by atoms with Gasteiger partial charge in [-0.15, -0.1) is 0 Å². The Hall–Kier alpha value is -3.06. The van der Waals surface area contributed by atoms with E-state index in [-0.39, 0.29) is 12.3 Å². The van der Waals surface area contributed by atoms with Gasteiger partial charge in [-0.05, 0) is 44.9 Å². The molecular formula is C25H33N3O4. The first-order valence-corrected chi connectivity index (χ1v) is 11.0.